The number of hydroxylamine groups is 1. The van der Waals surface area contributed by atoms with Gasteiger partial charge in [0.15, 0.2) is 6.29 Å². The lowest BCUT2D eigenvalue weighted by Crippen LogP contribution is -2.31. The van der Waals surface area contributed by atoms with E-state index in [2.05, 4.69) is 26.9 Å². The number of rotatable bonds is 15. The van der Waals surface area contributed by atoms with Crippen molar-refractivity contribution in [2.75, 3.05) is 5.75 Å². The number of hydrogen-bond donors (Lipinski definition) is 4. The standard InChI is InChI=1S/C34H40N6O6S/c1-40-34(36-38-39-40)47-22-29-19-30(26-12-10-23(21-41)11-13-26)46-33(45-29)27-16-14-25(15-17-27)28-7-5-6-24(18-28)20-35-31(42)8-3-2-4-9-32(43)37-44/h5-7,10-18,29-30,33,41,44H,2-4,8-9,19-22H2,1H3,(H,35,42)(H,37,43)/t29-,30+,33+/m1/s1. The first-order valence-electron chi connectivity index (χ1n) is 15.7. The van der Waals surface area contributed by atoms with E-state index in [1.54, 1.807) is 21.9 Å². The van der Waals surface area contributed by atoms with Crippen LogP contribution in [-0.2, 0) is 39.3 Å². The van der Waals surface area contributed by atoms with Crippen LogP contribution in [0.3, 0.4) is 0 Å². The minimum atomic E-state index is -0.572. The number of amides is 2. The number of tetrazole rings is 1. The van der Waals surface area contributed by atoms with Gasteiger partial charge in [-0.15, -0.1) is 5.10 Å². The number of thioether (sulfide) groups is 1. The van der Waals surface area contributed by atoms with Crippen molar-refractivity contribution in [3.63, 3.8) is 0 Å². The van der Waals surface area contributed by atoms with Crippen LogP contribution in [0.1, 0.15) is 73.2 Å². The van der Waals surface area contributed by atoms with Crippen LogP contribution in [-0.4, -0.2) is 54.2 Å². The Morgan fingerprint density at radius 3 is 2.36 bits per heavy atom. The molecule has 13 heteroatoms. The SMILES string of the molecule is Cn1nnnc1SC[C@H]1C[C@@H](c2ccc(CO)cc2)O[C@@H](c2ccc(-c3cccc(CNC(=O)CCCCCC(=O)NO)c3)cc2)O1. The third-order valence-electron chi connectivity index (χ3n) is 7.96. The van der Waals surface area contributed by atoms with Crippen LogP contribution in [0.2, 0.25) is 0 Å². The molecule has 4 N–H and O–H groups in total. The number of carbonyl (C=O) groups excluding carboxylic acids is 2. The summed E-state index contributed by atoms with van der Waals surface area (Å²) in [5.41, 5.74) is 7.45. The maximum atomic E-state index is 12.3. The molecule has 0 saturated carbocycles. The second-order valence-corrected chi connectivity index (χ2v) is 12.4. The first kappa shape index (κ1) is 34.2. The number of nitrogens with one attached hydrogen (secondary N) is 2. The summed E-state index contributed by atoms with van der Waals surface area (Å²) in [6, 6.07) is 24.0. The first-order valence-corrected chi connectivity index (χ1v) is 16.6. The topological polar surface area (TPSA) is 161 Å². The molecule has 3 aromatic carbocycles. The van der Waals surface area contributed by atoms with E-state index in [1.165, 1.54) is 0 Å². The van der Waals surface area contributed by atoms with Crippen molar-refractivity contribution < 1.29 is 29.4 Å². The molecule has 1 aromatic heterocycles. The second kappa shape index (κ2) is 17.1. The van der Waals surface area contributed by atoms with Crippen molar-refractivity contribution >= 4 is 23.6 Å². The molecule has 1 saturated heterocycles. The normalized spacial score (nSPS) is 17.7. The molecule has 248 valence electrons. The third-order valence-corrected chi connectivity index (χ3v) is 9.10. The third kappa shape index (κ3) is 9.92. The van der Waals surface area contributed by atoms with Crippen LogP contribution < -0.4 is 10.8 Å². The number of aliphatic hydroxyl groups excluding tert-OH is 1. The summed E-state index contributed by atoms with van der Waals surface area (Å²) in [6.45, 7) is 0.412. The summed E-state index contributed by atoms with van der Waals surface area (Å²) in [5.74, 6) is 0.210. The van der Waals surface area contributed by atoms with Crippen LogP contribution in [0, 0.1) is 0 Å². The Morgan fingerprint density at radius 1 is 0.915 bits per heavy atom. The van der Waals surface area contributed by atoms with E-state index in [9.17, 15) is 14.7 Å². The Bertz CT molecular complexity index is 1600. The van der Waals surface area contributed by atoms with E-state index in [0.717, 1.165) is 39.8 Å². The Hall–Kier alpha value is -4.14. The van der Waals surface area contributed by atoms with E-state index in [0.29, 0.717) is 43.1 Å². The van der Waals surface area contributed by atoms with E-state index in [1.807, 2.05) is 73.8 Å². The van der Waals surface area contributed by atoms with Gasteiger partial charge in [0.05, 0.1) is 18.8 Å². The van der Waals surface area contributed by atoms with Gasteiger partial charge in [-0.1, -0.05) is 84.9 Å². The van der Waals surface area contributed by atoms with Crippen LogP contribution in [0.15, 0.2) is 78.0 Å². The molecule has 1 fully saturated rings. The fraction of sp³-hybridized carbons (Fsp3) is 0.382. The molecule has 0 spiro atoms. The van der Waals surface area contributed by atoms with E-state index in [-0.39, 0.29) is 31.1 Å². The average Bonchev–Trinajstić information content (AvgIpc) is 3.53. The molecule has 1 aliphatic rings. The van der Waals surface area contributed by atoms with E-state index < -0.39 is 12.2 Å². The fourth-order valence-electron chi connectivity index (χ4n) is 5.32. The number of ether oxygens (including phenoxy) is 2. The van der Waals surface area contributed by atoms with E-state index >= 15 is 0 Å². The van der Waals surface area contributed by atoms with Gasteiger partial charge in [-0.25, -0.2) is 10.2 Å². The van der Waals surface area contributed by atoms with Gasteiger partial charge in [0.25, 0.3) is 0 Å². The summed E-state index contributed by atoms with van der Waals surface area (Å²) in [7, 11) is 1.81. The van der Waals surface area contributed by atoms with Gasteiger partial charge in [-0.2, -0.15) is 0 Å². The lowest BCUT2D eigenvalue weighted by atomic mass is 9.99. The second-order valence-electron chi connectivity index (χ2n) is 11.4. The summed E-state index contributed by atoms with van der Waals surface area (Å²) in [6.07, 6.45) is 2.47. The minimum absolute atomic E-state index is 0.0110. The number of unbranched alkanes of at least 4 members (excludes halogenated alkanes) is 2. The Labute approximate surface area is 277 Å². The van der Waals surface area contributed by atoms with Crippen molar-refractivity contribution in [1.29, 1.82) is 0 Å². The van der Waals surface area contributed by atoms with Gasteiger partial charge in [-0.05, 0) is 57.2 Å². The van der Waals surface area contributed by atoms with Gasteiger partial charge in [-0.3, -0.25) is 14.8 Å². The van der Waals surface area contributed by atoms with Crippen LogP contribution >= 0.6 is 11.8 Å². The highest BCUT2D eigenvalue weighted by Gasteiger charge is 2.32. The summed E-state index contributed by atoms with van der Waals surface area (Å²) in [4.78, 5) is 23.4. The number of hydrogen-bond acceptors (Lipinski definition) is 10. The Balaban J connectivity index is 1.20. The van der Waals surface area contributed by atoms with Crippen LogP contribution in [0.4, 0.5) is 0 Å². The monoisotopic (exact) mass is 660 g/mol. The zero-order valence-corrected chi connectivity index (χ0v) is 27.1. The van der Waals surface area contributed by atoms with Gasteiger partial charge in [0, 0.05) is 44.2 Å². The van der Waals surface area contributed by atoms with Crippen molar-refractivity contribution in [2.45, 2.75) is 75.3 Å². The molecule has 2 amide bonds. The molecule has 12 nitrogen and oxygen atoms in total. The predicted molar refractivity (Wildman–Crippen MR) is 175 cm³/mol. The number of benzene rings is 3. The minimum Gasteiger partial charge on any atom is -0.392 e. The summed E-state index contributed by atoms with van der Waals surface area (Å²) < 4.78 is 14.6. The number of aryl methyl sites for hydroxylation is 1. The summed E-state index contributed by atoms with van der Waals surface area (Å²) in [5, 5.41) is 33.4. The predicted octanol–water partition coefficient (Wildman–Crippen LogP) is 4.78. The van der Waals surface area contributed by atoms with Gasteiger partial charge < -0.3 is 19.9 Å². The fourth-order valence-corrected chi connectivity index (χ4v) is 6.19. The van der Waals surface area contributed by atoms with Crippen molar-refractivity contribution in [3.8, 4) is 11.1 Å². The number of carbonyl (C=O) groups is 2. The highest BCUT2D eigenvalue weighted by atomic mass is 32.2. The molecular weight excluding hydrogens is 620 g/mol. The van der Waals surface area contributed by atoms with Crippen molar-refractivity contribution in [2.24, 2.45) is 7.05 Å². The van der Waals surface area contributed by atoms with Crippen molar-refractivity contribution in [1.82, 2.24) is 31.0 Å². The molecule has 0 bridgehead atoms. The first-order chi connectivity index (χ1) is 22.9. The van der Waals surface area contributed by atoms with E-state index in [4.69, 9.17) is 14.7 Å². The molecule has 3 atom stereocenters. The molecule has 2 heterocycles. The number of aromatic nitrogens is 4. The number of aliphatic hydroxyl groups is 1. The average molecular weight is 661 g/mol. The largest absolute Gasteiger partial charge is 0.392 e. The van der Waals surface area contributed by atoms with Gasteiger partial charge in [0.1, 0.15) is 0 Å². The zero-order chi connectivity index (χ0) is 33.0. The zero-order valence-electron chi connectivity index (χ0n) is 26.2. The molecule has 0 aliphatic carbocycles. The Kier molecular flexibility index (Phi) is 12.5. The molecule has 4 aromatic rings. The molecule has 5 rings (SSSR count). The summed E-state index contributed by atoms with van der Waals surface area (Å²) >= 11 is 1.54. The quantitative estimate of drug-likeness (QED) is 0.0605. The molecule has 1 aliphatic heterocycles. The Morgan fingerprint density at radius 2 is 1.66 bits per heavy atom. The molecule has 0 radical (unpaired) electrons. The molecule has 0 unspecified atom stereocenters. The van der Waals surface area contributed by atoms with Crippen LogP contribution in [0.5, 0.6) is 0 Å². The highest BCUT2D eigenvalue weighted by Crippen LogP contribution is 2.39. The molecule has 47 heavy (non-hydrogen) atoms. The highest BCUT2D eigenvalue weighted by molar-refractivity contribution is 7.99. The maximum Gasteiger partial charge on any atom is 0.243 e. The van der Waals surface area contributed by atoms with Gasteiger partial charge >= 0.3 is 0 Å². The number of nitrogens with zero attached hydrogens (tertiary/aromatic N) is 4. The molecular formula is C34H40N6O6S. The lowest BCUT2D eigenvalue weighted by Gasteiger charge is -2.36. The van der Waals surface area contributed by atoms with Crippen LogP contribution in [0.25, 0.3) is 11.1 Å². The van der Waals surface area contributed by atoms with Crippen molar-refractivity contribution in [3.05, 3.63) is 95.1 Å². The smallest absolute Gasteiger partial charge is 0.243 e. The maximum absolute atomic E-state index is 12.3. The van der Waals surface area contributed by atoms with Gasteiger partial charge in [0.2, 0.25) is 17.0 Å². The lowest BCUT2D eigenvalue weighted by molar-refractivity contribution is -0.245.